The summed E-state index contributed by atoms with van der Waals surface area (Å²) in [6, 6.07) is 6.24. The molecule has 1 nitrogen and oxygen atoms in total. The molecule has 0 fully saturated rings. The van der Waals surface area contributed by atoms with Gasteiger partial charge in [0.05, 0.1) is 0 Å². The second kappa shape index (κ2) is 5.01. The number of benzene rings is 1. The molecular weight excluding hydrogens is 188 g/mol. The van der Waals surface area contributed by atoms with Crippen molar-refractivity contribution in [2.45, 2.75) is 26.4 Å². The van der Waals surface area contributed by atoms with Gasteiger partial charge in [-0.1, -0.05) is 37.8 Å². The van der Waals surface area contributed by atoms with Crippen molar-refractivity contribution in [1.29, 1.82) is 0 Å². The van der Waals surface area contributed by atoms with E-state index < -0.39 is 9.04 Å². The maximum Gasteiger partial charge on any atom is 0.229 e. The number of hydrogen-bond acceptors (Lipinski definition) is 1. The van der Waals surface area contributed by atoms with Gasteiger partial charge in [0.2, 0.25) is 9.04 Å². The standard InChI is InChI=1S/C12H18OSi/c1-5-10-8-7-9-11(6-2)12(10)13-14(3)4/h5,7-9,14H,1,6H2,2-4H3. The summed E-state index contributed by atoms with van der Waals surface area (Å²) in [5.41, 5.74) is 2.40. The zero-order valence-electron chi connectivity index (χ0n) is 9.21. The normalized spacial score (nSPS) is 10.3. The molecule has 2 heteroatoms. The summed E-state index contributed by atoms with van der Waals surface area (Å²) in [5, 5.41) is 0. The number of hydrogen-bond donors (Lipinski definition) is 0. The van der Waals surface area contributed by atoms with E-state index >= 15 is 0 Å². The molecule has 1 aromatic carbocycles. The van der Waals surface area contributed by atoms with Gasteiger partial charge < -0.3 is 4.43 Å². The van der Waals surface area contributed by atoms with Crippen LogP contribution < -0.4 is 4.43 Å². The van der Waals surface area contributed by atoms with Crippen LogP contribution in [-0.4, -0.2) is 9.04 Å². The second-order valence-corrected chi connectivity index (χ2v) is 5.89. The third-order valence-corrected chi connectivity index (χ3v) is 2.79. The molecule has 0 aliphatic rings. The summed E-state index contributed by atoms with van der Waals surface area (Å²) in [6.07, 6.45) is 2.88. The molecule has 0 radical (unpaired) electrons. The Hall–Kier alpha value is -1.02. The van der Waals surface area contributed by atoms with Crippen molar-refractivity contribution in [2.75, 3.05) is 0 Å². The van der Waals surface area contributed by atoms with E-state index in [1.165, 1.54) is 5.56 Å². The first kappa shape index (κ1) is 11.1. The molecule has 0 unspecified atom stereocenters. The third-order valence-electron chi connectivity index (χ3n) is 2.08. The first-order valence-electron chi connectivity index (χ1n) is 5.10. The monoisotopic (exact) mass is 206 g/mol. The molecule has 0 saturated heterocycles. The SMILES string of the molecule is C=Cc1cccc(CC)c1O[SiH](C)C. The van der Waals surface area contributed by atoms with Crippen molar-refractivity contribution in [3.8, 4) is 5.75 Å². The summed E-state index contributed by atoms with van der Waals surface area (Å²) in [4.78, 5) is 0. The molecule has 1 rings (SSSR count). The van der Waals surface area contributed by atoms with E-state index in [1.807, 2.05) is 6.08 Å². The van der Waals surface area contributed by atoms with Crippen molar-refractivity contribution in [1.82, 2.24) is 0 Å². The summed E-state index contributed by atoms with van der Waals surface area (Å²) >= 11 is 0. The van der Waals surface area contributed by atoms with Crippen molar-refractivity contribution in [3.05, 3.63) is 35.9 Å². The number of rotatable bonds is 4. The quantitative estimate of drug-likeness (QED) is 0.687. The van der Waals surface area contributed by atoms with E-state index in [1.54, 1.807) is 0 Å². The Kier molecular flexibility index (Phi) is 3.95. The molecule has 0 atom stereocenters. The average Bonchev–Trinajstić information content (AvgIpc) is 2.17. The van der Waals surface area contributed by atoms with Crippen molar-refractivity contribution >= 4 is 15.1 Å². The Morgan fingerprint density at radius 1 is 1.43 bits per heavy atom. The second-order valence-electron chi connectivity index (χ2n) is 3.56. The maximum atomic E-state index is 5.93. The van der Waals surface area contributed by atoms with Crippen molar-refractivity contribution in [2.24, 2.45) is 0 Å². The topological polar surface area (TPSA) is 9.23 Å². The Bertz CT molecular complexity index is 318. The fourth-order valence-electron chi connectivity index (χ4n) is 1.42. The van der Waals surface area contributed by atoms with Crippen LogP contribution in [0.3, 0.4) is 0 Å². The van der Waals surface area contributed by atoms with E-state index in [9.17, 15) is 0 Å². The largest absolute Gasteiger partial charge is 0.546 e. The highest BCUT2D eigenvalue weighted by molar-refractivity contribution is 6.49. The fourth-order valence-corrected chi connectivity index (χ4v) is 2.18. The lowest BCUT2D eigenvalue weighted by atomic mass is 10.1. The lowest BCUT2D eigenvalue weighted by Gasteiger charge is -2.16. The zero-order valence-corrected chi connectivity index (χ0v) is 10.4. The molecule has 0 aliphatic carbocycles. The maximum absolute atomic E-state index is 5.93. The van der Waals surface area contributed by atoms with Crippen LogP contribution in [0.1, 0.15) is 18.1 Å². The summed E-state index contributed by atoms with van der Waals surface area (Å²) in [5.74, 6) is 1.05. The van der Waals surface area contributed by atoms with Crippen molar-refractivity contribution < 1.29 is 4.43 Å². The van der Waals surface area contributed by atoms with Crippen LogP contribution >= 0.6 is 0 Å². The van der Waals surface area contributed by atoms with Gasteiger partial charge >= 0.3 is 0 Å². The molecule has 0 aromatic heterocycles. The molecule has 0 heterocycles. The van der Waals surface area contributed by atoms with Crippen LogP contribution in [0, 0.1) is 0 Å². The molecule has 0 N–H and O–H groups in total. The Balaban J connectivity index is 3.12. The van der Waals surface area contributed by atoms with E-state index in [0.717, 1.165) is 17.7 Å². The van der Waals surface area contributed by atoms with E-state index in [-0.39, 0.29) is 0 Å². The summed E-state index contributed by atoms with van der Waals surface area (Å²) in [6.45, 7) is 10.3. The molecule has 0 aliphatic heterocycles. The molecule has 0 spiro atoms. The van der Waals surface area contributed by atoms with E-state index in [4.69, 9.17) is 4.43 Å². The van der Waals surface area contributed by atoms with Gasteiger partial charge in [0.15, 0.2) is 0 Å². The smallest absolute Gasteiger partial charge is 0.229 e. The third kappa shape index (κ3) is 2.48. The molecule has 0 bridgehead atoms. The molecule has 0 saturated carbocycles. The van der Waals surface area contributed by atoms with Gasteiger partial charge in [-0.05, 0) is 25.1 Å². The van der Waals surface area contributed by atoms with Gasteiger partial charge in [0, 0.05) is 5.56 Å². The Morgan fingerprint density at radius 3 is 2.64 bits per heavy atom. The lowest BCUT2D eigenvalue weighted by molar-refractivity contribution is 0.571. The molecule has 0 amide bonds. The first-order chi connectivity index (χ1) is 6.69. The van der Waals surface area contributed by atoms with Crippen LogP contribution in [0.4, 0.5) is 0 Å². The van der Waals surface area contributed by atoms with E-state index in [2.05, 4.69) is 44.8 Å². The lowest BCUT2D eigenvalue weighted by Crippen LogP contribution is -2.13. The predicted octanol–water partition coefficient (Wildman–Crippen LogP) is 3.25. The summed E-state index contributed by atoms with van der Waals surface area (Å²) < 4.78 is 5.93. The minimum absolute atomic E-state index is 1.01. The minimum atomic E-state index is -1.03. The average molecular weight is 206 g/mol. The number of aryl methyl sites for hydroxylation is 1. The Labute approximate surface area is 88.1 Å². The Morgan fingerprint density at radius 2 is 2.14 bits per heavy atom. The predicted molar refractivity (Wildman–Crippen MR) is 65.4 cm³/mol. The highest BCUT2D eigenvalue weighted by Crippen LogP contribution is 2.26. The summed E-state index contributed by atoms with van der Waals surface area (Å²) in [7, 11) is -1.03. The zero-order chi connectivity index (χ0) is 10.6. The van der Waals surface area contributed by atoms with Crippen LogP contribution in [0.2, 0.25) is 13.1 Å². The van der Waals surface area contributed by atoms with Gasteiger partial charge in [-0.2, -0.15) is 0 Å². The highest BCUT2D eigenvalue weighted by atomic mass is 28.3. The molecule has 14 heavy (non-hydrogen) atoms. The fraction of sp³-hybridized carbons (Fsp3) is 0.333. The van der Waals surface area contributed by atoms with Crippen molar-refractivity contribution in [3.63, 3.8) is 0 Å². The number of para-hydroxylation sites is 1. The molecule has 1 aromatic rings. The van der Waals surface area contributed by atoms with Gasteiger partial charge in [0.1, 0.15) is 5.75 Å². The van der Waals surface area contributed by atoms with Gasteiger partial charge in [-0.15, -0.1) is 0 Å². The highest BCUT2D eigenvalue weighted by Gasteiger charge is 2.07. The minimum Gasteiger partial charge on any atom is -0.546 e. The molecular formula is C12H18OSi. The van der Waals surface area contributed by atoms with Crippen LogP contribution in [-0.2, 0) is 6.42 Å². The van der Waals surface area contributed by atoms with Gasteiger partial charge in [-0.3, -0.25) is 0 Å². The molecule has 76 valence electrons. The van der Waals surface area contributed by atoms with Crippen LogP contribution in [0.5, 0.6) is 5.75 Å². The van der Waals surface area contributed by atoms with Crippen LogP contribution in [0.15, 0.2) is 24.8 Å². The van der Waals surface area contributed by atoms with Crippen LogP contribution in [0.25, 0.3) is 6.08 Å². The van der Waals surface area contributed by atoms with E-state index in [0.29, 0.717) is 0 Å². The van der Waals surface area contributed by atoms with Gasteiger partial charge in [-0.25, -0.2) is 0 Å². The first-order valence-corrected chi connectivity index (χ1v) is 7.88. The van der Waals surface area contributed by atoms with Gasteiger partial charge in [0.25, 0.3) is 0 Å².